The zero-order valence-corrected chi connectivity index (χ0v) is 10.6. The van der Waals surface area contributed by atoms with E-state index >= 15 is 0 Å². The predicted octanol–water partition coefficient (Wildman–Crippen LogP) is 1.78. The minimum absolute atomic E-state index is 0.175. The minimum Gasteiger partial charge on any atom is -0.355 e. The van der Waals surface area contributed by atoms with E-state index in [-0.39, 0.29) is 5.91 Å². The molecule has 0 aromatic heterocycles. The van der Waals surface area contributed by atoms with Gasteiger partial charge in [-0.3, -0.25) is 4.79 Å². The molecule has 3 nitrogen and oxygen atoms in total. The van der Waals surface area contributed by atoms with Crippen molar-refractivity contribution in [1.82, 2.24) is 10.6 Å². The van der Waals surface area contributed by atoms with Gasteiger partial charge in [-0.1, -0.05) is 27.7 Å². The van der Waals surface area contributed by atoms with Crippen molar-refractivity contribution in [1.29, 1.82) is 0 Å². The first kappa shape index (κ1) is 14.4. The Morgan fingerprint density at radius 1 is 1.13 bits per heavy atom. The smallest absolute Gasteiger partial charge is 0.220 e. The van der Waals surface area contributed by atoms with Gasteiger partial charge in [-0.05, 0) is 24.8 Å². The van der Waals surface area contributed by atoms with Crippen molar-refractivity contribution < 1.29 is 4.79 Å². The van der Waals surface area contributed by atoms with Gasteiger partial charge in [0, 0.05) is 19.5 Å². The molecule has 0 aromatic carbocycles. The molecule has 0 aliphatic heterocycles. The molecule has 0 heterocycles. The lowest BCUT2D eigenvalue weighted by Gasteiger charge is -2.14. The van der Waals surface area contributed by atoms with E-state index in [0.29, 0.717) is 18.3 Å². The lowest BCUT2D eigenvalue weighted by Crippen LogP contribution is -2.33. The molecule has 15 heavy (non-hydrogen) atoms. The van der Waals surface area contributed by atoms with E-state index in [1.165, 1.54) is 0 Å². The lowest BCUT2D eigenvalue weighted by molar-refractivity contribution is -0.122. The van der Waals surface area contributed by atoms with Gasteiger partial charge in [0.15, 0.2) is 0 Å². The summed E-state index contributed by atoms with van der Waals surface area (Å²) in [6.45, 7) is 11.2. The molecule has 0 fully saturated rings. The number of hydrogen-bond acceptors (Lipinski definition) is 2. The van der Waals surface area contributed by atoms with E-state index in [1.807, 2.05) is 0 Å². The van der Waals surface area contributed by atoms with E-state index in [4.69, 9.17) is 0 Å². The third kappa shape index (κ3) is 8.43. The van der Waals surface area contributed by atoms with Gasteiger partial charge in [0.1, 0.15) is 0 Å². The summed E-state index contributed by atoms with van der Waals surface area (Å²) >= 11 is 0. The average Bonchev–Trinajstić information content (AvgIpc) is 2.17. The highest BCUT2D eigenvalue weighted by Gasteiger charge is 2.11. The third-order valence-corrected chi connectivity index (χ3v) is 2.70. The summed E-state index contributed by atoms with van der Waals surface area (Å²) in [7, 11) is 0. The number of hydrogen-bond donors (Lipinski definition) is 2. The van der Waals surface area contributed by atoms with Crippen LogP contribution in [0.3, 0.4) is 0 Å². The largest absolute Gasteiger partial charge is 0.355 e. The van der Waals surface area contributed by atoms with Crippen LogP contribution in [-0.4, -0.2) is 25.5 Å². The molecule has 0 saturated carbocycles. The summed E-state index contributed by atoms with van der Waals surface area (Å²) in [4.78, 5) is 11.5. The normalized spacial score (nSPS) is 12.9. The number of nitrogens with one attached hydrogen (secondary N) is 2. The average molecular weight is 214 g/mol. The fourth-order valence-electron chi connectivity index (χ4n) is 1.19. The molecule has 0 radical (unpaired) electrons. The molecule has 1 atom stereocenters. The van der Waals surface area contributed by atoms with E-state index in [2.05, 4.69) is 38.3 Å². The maximum Gasteiger partial charge on any atom is 0.220 e. The number of rotatable bonds is 8. The van der Waals surface area contributed by atoms with Crippen molar-refractivity contribution >= 4 is 5.91 Å². The molecule has 90 valence electrons. The minimum atomic E-state index is 0.175. The predicted molar refractivity (Wildman–Crippen MR) is 64.8 cm³/mol. The first-order valence-electron chi connectivity index (χ1n) is 6.05. The molecular formula is C12H26N2O. The highest BCUT2D eigenvalue weighted by atomic mass is 16.1. The molecule has 0 rings (SSSR count). The zero-order valence-electron chi connectivity index (χ0n) is 10.6. The zero-order chi connectivity index (χ0) is 11.7. The van der Waals surface area contributed by atoms with Crippen LogP contribution in [0.4, 0.5) is 0 Å². The maximum absolute atomic E-state index is 11.5. The highest BCUT2D eigenvalue weighted by molar-refractivity contribution is 5.76. The van der Waals surface area contributed by atoms with Gasteiger partial charge in [0.2, 0.25) is 5.91 Å². The molecule has 2 N–H and O–H groups in total. The topological polar surface area (TPSA) is 41.1 Å². The molecule has 0 aromatic rings. The Morgan fingerprint density at radius 3 is 2.33 bits per heavy atom. The van der Waals surface area contributed by atoms with Crippen molar-refractivity contribution in [2.24, 2.45) is 11.8 Å². The van der Waals surface area contributed by atoms with Crippen LogP contribution in [0, 0.1) is 11.8 Å². The molecule has 0 bridgehead atoms. The second-order valence-corrected chi connectivity index (χ2v) is 4.53. The fraction of sp³-hybridized carbons (Fsp3) is 0.917. The molecule has 3 heteroatoms. The Bertz CT molecular complexity index is 169. The Morgan fingerprint density at radius 2 is 1.80 bits per heavy atom. The molecular weight excluding hydrogens is 188 g/mol. The molecule has 0 saturated heterocycles. The Kier molecular flexibility index (Phi) is 8.38. The summed E-state index contributed by atoms with van der Waals surface area (Å²) in [5, 5.41) is 6.18. The molecule has 0 aliphatic rings. The summed E-state index contributed by atoms with van der Waals surface area (Å²) in [6.07, 6.45) is 1.78. The van der Waals surface area contributed by atoms with Crippen molar-refractivity contribution in [2.75, 3.05) is 19.6 Å². The number of amides is 1. The SMILES string of the molecule is CCCNCCNC(=O)CC(C)C(C)C. The fourth-order valence-corrected chi connectivity index (χ4v) is 1.19. The molecule has 1 amide bonds. The Balaban J connectivity index is 3.41. The standard InChI is InChI=1S/C12H26N2O/c1-5-6-13-7-8-14-12(15)9-11(4)10(2)3/h10-11,13H,5-9H2,1-4H3,(H,14,15). The van der Waals surface area contributed by atoms with Gasteiger partial charge in [0.05, 0.1) is 0 Å². The van der Waals surface area contributed by atoms with Gasteiger partial charge < -0.3 is 10.6 Å². The summed E-state index contributed by atoms with van der Waals surface area (Å²) in [5.41, 5.74) is 0. The van der Waals surface area contributed by atoms with Gasteiger partial charge in [-0.15, -0.1) is 0 Å². The quantitative estimate of drug-likeness (QED) is 0.605. The van der Waals surface area contributed by atoms with Crippen LogP contribution in [0.1, 0.15) is 40.5 Å². The number of carbonyl (C=O) groups excluding carboxylic acids is 1. The van der Waals surface area contributed by atoms with Crippen LogP contribution in [0.2, 0.25) is 0 Å². The monoisotopic (exact) mass is 214 g/mol. The summed E-state index contributed by atoms with van der Waals surface area (Å²) in [6, 6.07) is 0. The summed E-state index contributed by atoms with van der Waals surface area (Å²) in [5.74, 6) is 1.22. The van der Waals surface area contributed by atoms with Crippen LogP contribution in [-0.2, 0) is 4.79 Å². The van der Waals surface area contributed by atoms with Gasteiger partial charge in [-0.25, -0.2) is 0 Å². The molecule has 0 spiro atoms. The van der Waals surface area contributed by atoms with Crippen molar-refractivity contribution in [3.8, 4) is 0 Å². The van der Waals surface area contributed by atoms with E-state index < -0.39 is 0 Å². The van der Waals surface area contributed by atoms with Gasteiger partial charge >= 0.3 is 0 Å². The lowest BCUT2D eigenvalue weighted by atomic mass is 9.94. The van der Waals surface area contributed by atoms with Crippen LogP contribution in [0.25, 0.3) is 0 Å². The first-order valence-corrected chi connectivity index (χ1v) is 6.05. The molecule has 0 aliphatic carbocycles. The second-order valence-electron chi connectivity index (χ2n) is 4.53. The van der Waals surface area contributed by atoms with Gasteiger partial charge in [0.25, 0.3) is 0 Å². The number of carbonyl (C=O) groups is 1. The van der Waals surface area contributed by atoms with Crippen molar-refractivity contribution in [3.05, 3.63) is 0 Å². The third-order valence-electron chi connectivity index (χ3n) is 2.70. The van der Waals surface area contributed by atoms with Crippen LogP contribution < -0.4 is 10.6 Å². The first-order chi connectivity index (χ1) is 7.07. The second kappa shape index (κ2) is 8.72. The Labute approximate surface area is 94.0 Å². The van der Waals surface area contributed by atoms with Crippen molar-refractivity contribution in [2.45, 2.75) is 40.5 Å². The molecule has 1 unspecified atom stereocenters. The van der Waals surface area contributed by atoms with Crippen molar-refractivity contribution in [3.63, 3.8) is 0 Å². The van der Waals surface area contributed by atoms with E-state index in [1.54, 1.807) is 0 Å². The van der Waals surface area contributed by atoms with Crippen LogP contribution >= 0.6 is 0 Å². The highest BCUT2D eigenvalue weighted by Crippen LogP contribution is 2.13. The van der Waals surface area contributed by atoms with Gasteiger partial charge in [-0.2, -0.15) is 0 Å². The van der Waals surface area contributed by atoms with E-state index in [0.717, 1.165) is 26.1 Å². The van der Waals surface area contributed by atoms with Crippen LogP contribution in [0.15, 0.2) is 0 Å². The maximum atomic E-state index is 11.5. The Hall–Kier alpha value is -0.570. The summed E-state index contributed by atoms with van der Waals surface area (Å²) < 4.78 is 0. The van der Waals surface area contributed by atoms with Crippen LogP contribution in [0.5, 0.6) is 0 Å². The van der Waals surface area contributed by atoms with E-state index in [9.17, 15) is 4.79 Å².